The number of ketones is 1. The van der Waals surface area contributed by atoms with Gasteiger partial charge in [0.2, 0.25) is 0 Å². The molecule has 0 aliphatic carbocycles. The van der Waals surface area contributed by atoms with Crippen LogP contribution in [0.4, 0.5) is 0 Å². The number of carbonyl (C=O) groups is 1. The fourth-order valence-corrected chi connectivity index (χ4v) is 2.29. The lowest BCUT2D eigenvalue weighted by Crippen LogP contribution is -2.43. The van der Waals surface area contributed by atoms with Crippen LogP contribution < -0.4 is 5.32 Å². The first-order chi connectivity index (χ1) is 6.34. The zero-order chi connectivity index (χ0) is 9.10. The molecule has 1 atom stereocenters. The SMILES string of the molecule is Cl.O=C1CCCN(CC2CCCN2)C1. The van der Waals surface area contributed by atoms with E-state index < -0.39 is 0 Å². The van der Waals surface area contributed by atoms with Gasteiger partial charge in [-0.3, -0.25) is 9.69 Å². The predicted octanol–water partition coefficient (Wildman–Crippen LogP) is 0.825. The fourth-order valence-electron chi connectivity index (χ4n) is 2.29. The van der Waals surface area contributed by atoms with Gasteiger partial charge in [-0.1, -0.05) is 0 Å². The molecule has 0 bridgehead atoms. The number of carbonyl (C=O) groups excluding carboxylic acids is 1. The Balaban J connectivity index is 0.000000980. The highest BCUT2D eigenvalue weighted by Gasteiger charge is 2.21. The molecule has 2 rings (SSSR count). The Morgan fingerprint density at radius 2 is 2.29 bits per heavy atom. The Morgan fingerprint density at radius 3 is 2.93 bits per heavy atom. The maximum absolute atomic E-state index is 11.2. The Labute approximate surface area is 91.6 Å². The zero-order valence-corrected chi connectivity index (χ0v) is 9.31. The predicted molar refractivity (Wildman–Crippen MR) is 59.0 cm³/mol. The second kappa shape index (κ2) is 5.69. The third-order valence-electron chi connectivity index (χ3n) is 2.97. The van der Waals surface area contributed by atoms with Crippen LogP contribution in [0.25, 0.3) is 0 Å². The third kappa shape index (κ3) is 3.23. The normalized spacial score (nSPS) is 28.9. The highest BCUT2D eigenvalue weighted by Crippen LogP contribution is 2.10. The van der Waals surface area contributed by atoms with Gasteiger partial charge in [0.05, 0.1) is 6.54 Å². The molecule has 0 saturated carbocycles. The summed E-state index contributed by atoms with van der Waals surface area (Å²) in [5, 5.41) is 3.47. The van der Waals surface area contributed by atoms with E-state index in [1.54, 1.807) is 0 Å². The Morgan fingerprint density at radius 1 is 1.43 bits per heavy atom. The van der Waals surface area contributed by atoms with E-state index in [1.807, 2.05) is 0 Å². The van der Waals surface area contributed by atoms with Gasteiger partial charge < -0.3 is 5.32 Å². The first-order valence-electron chi connectivity index (χ1n) is 5.32. The van der Waals surface area contributed by atoms with Crippen LogP contribution in [0.3, 0.4) is 0 Å². The molecule has 82 valence electrons. The van der Waals surface area contributed by atoms with E-state index >= 15 is 0 Å². The maximum atomic E-state index is 11.2. The standard InChI is InChI=1S/C10H18N2O.ClH/c13-10-4-2-6-12(8-10)7-9-3-1-5-11-9;/h9,11H,1-8H2;1H. The summed E-state index contributed by atoms with van der Waals surface area (Å²) >= 11 is 0. The van der Waals surface area contributed by atoms with E-state index in [-0.39, 0.29) is 12.4 Å². The van der Waals surface area contributed by atoms with Gasteiger partial charge in [0.25, 0.3) is 0 Å². The second-order valence-corrected chi connectivity index (χ2v) is 4.17. The number of rotatable bonds is 2. The molecule has 1 unspecified atom stereocenters. The van der Waals surface area contributed by atoms with E-state index in [9.17, 15) is 4.79 Å². The van der Waals surface area contributed by atoms with Crippen molar-refractivity contribution in [2.45, 2.75) is 31.7 Å². The topological polar surface area (TPSA) is 32.3 Å². The number of nitrogens with zero attached hydrogens (tertiary/aromatic N) is 1. The van der Waals surface area contributed by atoms with Crippen molar-refractivity contribution in [1.29, 1.82) is 0 Å². The maximum Gasteiger partial charge on any atom is 0.146 e. The summed E-state index contributed by atoms with van der Waals surface area (Å²) in [6, 6.07) is 0.644. The highest BCUT2D eigenvalue weighted by molar-refractivity contribution is 5.85. The van der Waals surface area contributed by atoms with Crippen molar-refractivity contribution in [2.24, 2.45) is 0 Å². The van der Waals surface area contributed by atoms with Gasteiger partial charge in [0.1, 0.15) is 5.78 Å². The number of Topliss-reactive ketones (excluding diaryl/α,β-unsaturated/α-hetero) is 1. The molecule has 2 aliphatic rings. The van der Waals surface area contributed by atoms with E-state index in [1.165, 1.54) is 12.8 Å². The number of hydrogen-bond donors (Lipinski definition) is 1. The Kier molecular flexibility index (Phi) is 4.85. The van der Waals surface area contributed by atoms with Crippen molar-refractivity contribution in [3.05, 3.63) is 0 Å². The molecule has 1 N–H and O–H groups in total. The lowest BCUT2D eigenvalue weighted by atomic mass is 10.1. The van der Waals surface area contributed by atoms with Crippen molar-refractivity contribution in [2.75, 3.05) is 26.2 Å². The molecule has 3 nitrogen and oxygen atoms in total. The molecular weight excluding hydrogens is 200 g/mol. The molecule has 2 saturated heterocycles. The molecule has 2 fully saturated rings. The van der Waals surface area contributed by atoms with Gasteiger partial charge in [-0.2, -0.15) is 0 Å². The molecule has 2 aliphatic heterocycles. The Bertz CT molecular complexity index is 193. The molecule has 0 spiro atoms. The fraction of sp³-hybridized carbons (Fsp3) is 0.900. The van der Waals surface area contributed by atoms with Crippen molar-refractivity contribution >= 4 is 18.2 Å². The van der Waals surface area contributed by atoms with E-state index in [2.05, 4.69) is 10.2 Å². The molecule has 0 aromatic heterocycles. The number of hydrogen-bond acceptors (Lipinski definition) is 3. The average molecular weight is 219 g/mol. The van der Waals surface area contributed by atoms with Crippen LogP contribution in [-0.4, -0.2) is 42.9 Å². The van der Waals surface area contributed by atoms with Crippen LogP contribution >= 0.6 is 12.4 Å². The van der Waals surface area contributed by atoms with Crippen molar-refractivity contribution in [1.82, 2.24) is 10.2 Å². The summed E-state index contributed by atoms with van der Waals surface area (Å²) in [6.45, 7) is 4.04. The minimum absolute atomic E-state index is 0. The molecule has 0 amide bonds. The third-order valence-corrected chi connectivity index (χ3v) is 2.97. The highest BCUT2D eigenvalue weighted by atomic mass is 35.5. The summed E-state index contributed by atoms with van der Waals surface area (Å²) in [7, 11) is 0. The van der Waals surface area contributed by atoms with Crippen molar-refractivity contribution < 1.29 is 4.79 Å². The van der Waals surface area contributed by atoms with Crippen molar-refractivity contribution in [3.8, 4) is 0 Å². The van der Waals surface area contributed by atoms with E-state index in [0.29, 0.717) is 18.4 Å². The van der Waals surface area contributed by atoms with Crippen LogP contribution in [0.15, 0.2) is 0 Å². The summed E-state index contributed by atoms with van der Waals surface area (Å²) in [5.74, 6) is 0.421. The molecule has 4 heteroatoms. The number of halogens is 1. The van der Waals surface area contributed by atoms with E-state index in [4.69, 9.17) is 0 Å². The van der Waals surface area contributed by atoms with Gasteiger partial charge in [0.15, 0.2) is 0 Å². The summed E-state index contributed by atoms with van der Waals surface area (Å²) in [4.78, 5) is 13.5. The van der Waals surface area contributed by atoms with Crippen LogP contribution in [0, 0.1) is 0 Å². The van der Waals surface area contributed by atoms with Crippen molar-refractivity contribution in [3.63, 3.8) is 0 Å². The van der Waals surface area contributed by atoms with E-state index in [0.717, 1.165) is 32.5 Å². The molecule has 0 radical (unpaired) electrons. The molecule has 0 aromatic rings. The van der Waals surface area contributed by atoms with Gasteiger partial charge >= 0.3 is 0 Å². The van der Waals surface area contributed by atoms with Crippen LogP contribution in [0.1, 0.15) is 25.7 Å². The van der Waals surface area contributed by atoms with Crippen LogP contribution in [0.5, 0.6) is 0 Å². The van der Waals surface area contributed by atoms with Gasteiger partial charge in [-0.25, -0.2) is 0 Å². The smallest absolute Gasteiger partial charge is 0.146 e. The number of piperidine rings is 1. The number of likely N-dealkylation sites (tertiary alicyclic amines) is 1. The first-order valence-corrected chi connectivity index (χ1v) is 5.32. The lowest BCUT2D eigenvalue weighted by Gasteiger charge is -2.28. The largest absolute Gasteiger partial charge is 0.313 e. The van der Waals surface area contributed by atoms with Gasteiger partial charge in [-0.15, -0.1) is 12.4 Å². The summed E-state index contributed by atoms with van der Waals surface area (Å²) in [6.07, 6.45) is 4.44. The lowest BCUT2D eigenvalue weighted by molar-refractivity contribution is -0.122. The minimum Gasteiger partial charge on any atom is -0.313 e. The second-order valence-electron chi connectivity index (χ2n) is 4.17. The first kappa shape index (κ1) is 12.0. The minimum atomic E-state index is 0. The summed E-state index contributed by atoms with van der Waals surface area (Å²) < 4.78 is 0. The summed E-state index contributed by atoms with van der Waals surface area (Å²) in [5.41, 5.74) is 0. The van der Waals surface area contributed by atoms with Crippen LogP contribution in [0.2, 0.25) is 0 Å². The zero-order valence-electron chi connectivity index (χ0n) is 8.50. The monoisotopic (exact) mass is 218 g/mol. The Hall–Kier alpha value is -0.120. The quantitative estimate of drug-likeness (QED) is 0.745. The molecule has 14 heavy (non-hydrogen) atoms. The average Bonchev–Trinajstić information content (AvgIpc) is 2.57. The molecular formula is C10H19ClN2O. The number of nitrogens with one attached hydrogen (secondary N) is 1. The van der Waals surface area contributed by atoms with Crippen LogP contribution in [-0.2, 0) is 4.79 Å². The molecule has 0 aromatic carbocycles. The molecule has 2 heterocycles. The van der Waals surface area contributed by atoms with Gasteiger partial charge in [0, 0.05) is 19.0 Å². The van der Waals surface area contributed by atoms with Gasteiger partial charge in [-0.05, 0) is 32.4 Å².